The highest BCUT2D eigenvalue weighted by molar-refractivity contribution is 6.30. The van der Waals surface area contributed by atoms with E-state index in [1.807, 2.05) is 0 Å². The number of anilines is 1. The molecule has 27 heavy (non-hydrogen) atoms. The minimum absolute atomic E-state index is 0.0379. The van der Waals surface area contributed by atoms with Crippen molar-refractivity contribution in [3.8, 4) is 0 Å². The van der Waals surface area contributed by atoms with Gasteiger partial charge in [-0.3, -0.25) is 4.99 Å². The molecule has 0 spiro atoms. The van der Waals surface area contributed by atoms with Gasteiger partial charge in [-0.05, 0) is 24.3 Å². The Bertz CT molecular complexity index is 906. The Morgan fingerprint density at radius 3 is 2.37 bits per heavy atom. The number of rotatable bonds is 5. The molecule has 0 aliphatic carbocycles. The maximum Gasteiger partial charge on any atom is 0.430 e. The number of nitrogen functional groups attached to an aromatic ring is 1. The van der Waals surface area contributed by atoms with Crippen molar-refractivity contribution in [2.75, 3.05) is 12.8 Å². The van der Waals surface area contributed by atoms with Crippen molar-refractivity contribution < 1.29 is 17.9 Å². The molecule has 0 bridgehead atoms. The Hall–Kier alpha value is -2.87. The lowest BCUT2D eigenvalue weighted by atomic mass is 10.1. The zero-order valence-corrected chi connectivity index (χ0v) is 15.1. The topological polar surface area (TPSA) is 84.5 Å². The Morgan fingerprint density at radius 1 is 1.22 bits per heavy atom. The van der Waals surface area contributed by atoms with E-state index in [9.17, 15) is 18.1 Å². The van der Waals surface area contributed by atoms with Gasteiger partial charge >= 0.3 is 6.18 Å². The summed E-state index contributed by atoms with van der Waals surface area (Å²) in [5.74, 6) is 0. The number of hydrogen-bond donors (Lipinski definition) is 2. The first-order chi connectivity index (χ1) is 12.6. The van der Waals surface area contributed by atoms with Crippen LogP contribution in [0.5, 0.6) is 0 Å². The van der Waals surface area contributed by atoms with E-state index in [1.54, 1.807) is 24.3 Å². The van der Waals surface area contributed by atoms with Crippen LogP contribution in [0.25, 0.3) is 0 Å². The van der Waals surface area contributed by atoms with Crippen LogP contribution >= 0.6 is 11.6 Å². The third-order valence-corrected chi connectivity index (χ3v) is 3.95. The largest absolute Gasteiger partial charge is 0.430 e. The SMILES string of the molecule is CN=C(C=C(N)C(F)(F)F)c1ccc([N+](=O)Cc2ccc(Cl)cc2)cc1N. The summed E-state index contributed by atoms with van der Waals surface area (Å²) in [5.41, 5.74) is 11.0. The number of allylic oxidation sites excluding steroid dienone is 2. The molecule has 0 radical (unpaired) electrons. The van der Waals surface area contributed by atoms with Gasteiger partial charge in [-0.25, -0.2) is 0 Å². The molecule has 0 saturated heterocycles. The summed E-state index contributed by atoms with van der Waals surface area (Å²) in [6.45, 7) is 0.0611. The van der Waals surface area contributed by atoms with Gasteiger partial charge in [-0.2, -0.15) is 13.2 Å². The van der Waals surface area contributed by atoms with Crippen molar-refractivity contribution in [1.82, 2.24) is 0 Å². The zero-order valence-electron chi connectivity index (χ0n) is 14.3. The van der Waals surface area contributed by atoms with Gasteiger partial charge in [0.15, 0.2) is 0 Å². The van der Waals surface area contributed by atoms with Crippen LogP contribution in [0.4, 0.5) is 24.5 Å². The molecule has 142 valence electrons. The quantitative estimate of drug-likeness (QED) is 0.446. The lowest BCUT2D eigenvalue weighted by molar-refractivity contribution is -0.480. The first-order valence-electron chi connectivity index (χ1n) is 7.72. The maximum absolute atomic E-state index is 12.6. The molecule has 0 fully saturated rings. The van der Waals surface area contributed by atoms with E-state index in [0.29, 0.717) is 15.9 Å². The van der Waals surface area contributed by atoms with Crippen LogP contribution in [0.15, 0.2) is 59.2 Å². The fourth-order valence-corrected chi connectivity index (χ4v) is 2.40. The van der Waals surface area contributed by atoms with Crippen LogP contribution in [-0.4, -0.2) is 23.7 Å². The summed E-state index contributed by atoms with van der Waals surface area (Å²) >= 11 is 5.81. The average Bonchev–Trinajstić information content (AvgIpc) is 2.60. The molecular formula is C18H17ClF3N4O+. The molecule has 0 aliphatic rings. The van der Waals surface area contributed by atoms with Gasteiger partial charge in [0.25, 0.3) is 5.69 Å². The standard InChI is InChI=1S/C18H17ClF3N4O/c1-25-16(9-17(24)18(20,21)22)14-7-6-13(8-15(14)23)26(27)10-11-2-4-12(19)5-3-11/h2-9H,10,23-24H2,1H3/q+1. The minimum Gasteiger partial charge on any atom is -0.398 e. The first-order valence-corrected chi connectivity index (χ1v) is 8.09. The predicted octanol–water partition coefficient (Wildman–Crippen LogP) is 4.36. The second-order valence-corrected chi connectivity index (χ2v) is 6.08. The molecule has 0 aromatic heterocycles. The minimum atomic E-state index is -4.67. The zero-order chi connectivity index (χ0) is 20.2. The van der Waals surface area contributed by atoms with Crippen molar-refractivity contribution in [3.05, 3.63) is 75.3 Å². The van der Waals surface area contributed by atoms with Crippen molar-refractivity contribution >= 4 is 28.7 Å². The number of halogens is 4. The molecule has 9 heteroatoms. The second-order valence-electron chi connectivity index (χ2n) is 5.64. The molecule has 0 amide bonds. The molecule has 2 aromatic carbocycles. The van der Waals surface area contributed by atoms with Crippen molar-refractivity contribution in [2.45, 2.75) is 12.7 Å². The summed E-state index contributed by atoms with van der Waals surface area (Å²) in [6.07, 6.45) is -3.97. The van der Waals surface area contributed by atoms with Crippen LogP contribution < -0.4 is 11.5 Å². The van der Waals surface area contributed by atoms with E-state index in [4.69, 9.17) is 23.1 Å². The highest BCUT2D eigenvalue weighted by atomic mass is 35.5. The third-order valence-electron chi connectivity index (χ3n) is 3.70. The van der Waals surface area contributed by atoms with E-state index < -0.39 is 11.9 Å². The van der Waals surface area contributed by atoms with E-state index in [1.165, 1.54) is 25.2 Å². The Labute approximate surface area is 158 Å². The van der Waals surface area contributed by atoms with Crippen molar-refractivity contribution in [1.29, 1.82) is 0 Å². The molecule has 0 saturated carbocycles. The molecule has 0 atom stereocenters. The third kappa shape index (κ3) is 5.30. The van der Waals surface area contributed by atoms with E-state index in [2.05, 4.69) is 4.99 Å². The van der Waals surface area contributed by atoms with E-state index in [-0.39, 0.29) is 29.2 Å². The molecule has 0 heterocycles. The highest BCUT2D eigenvalue weighted by Crippen LogP contribution is 2.25. The van der Waals surface area contributed by atoms with Crippen LogP contribution in [0.2, 0.25) is 5.02 Å². The number of hydrogen-bond acceptors (Lipinski definition) is 4. The van der Waals surface area contributed by atoms with Crippen molar-refractivity contribution in [2.24, 2.45) is 10.7 Å². The summed E-state index contributed by atoms with van der Waals surface area (Å²) in [7, 11) is 1.32. The van der Waals surface area contributed by atoms with E-state index in [0.717, 1.165) is 5.56 Å². The highest BCUT2D eigenvalue weighted by Gasteiger charge is 2.32. The molecule has 4 N–H and O–H groups in total. The molecule has 5 nitrogen and oxygen atoms in total. The fourth-order valence-electron chi connectivity index (χ4n) is 2.28. The summed E-state index contributed by atoms with van der Waals surface area (Å²) < 4.78 is 38.6. The fraction of sp³-hybridized carbons (Fsp3) is 0.167. The predicted molar refractivity (Wildman–Crippen MR) is 100 cm³/mol. The van der Waals surface area contributed by atoms with Crippen LogP contribution in [0.3, 0.4) is 0 Å². The molecule has 0 unspecified atom stereocenters. The van der Waals surface area contributed by atoms with Crippen LogP contribution in [-0.2, 0) is 6.54 Å². The Balaban J connectivity index is 2.26. The number of alkyl halides is 3. The summed E-state index contributed by atoms with van der Waals surface area (Å²) in [6, 6.07) is 11.0. The number of nitrogens with zero attached hydrogens (tertiary/aromatic N) is 2. The van der Waals surface area contributed by atoms with Crippen LogP contribution in [0.1, 0.15) is 11.1 Å². The van der Waals surface area contributed by atoms with Gasteiger partial charge in [0, 0.05) is 50.7 Å². The Morgan fingerprint density at radius 2 is 1.85 bits per heavy atom. The van der Waals surface area contributed by atoms with Crippen LogP contribution in [0, 0.1) is 4.91 Å². The second kappa shape index (κ2) is 8.22. The summed E-state index contributed by atoms with van der Waals surface area (Å²) in [5, 5.41) is 0.558. The van der Waals surface area contributed by atoms with Gasteiger partial charge in [0.2, 0.25) is 6.54 Å². The lowest BCUT2D eigenvalue weighted by Gasteiger charge is -2.09. The number of nitrogens with two attached hydrogens (primary N) is 2. The lowest BCUT2D eigenvalue weighted by Crippen LogP contribution is -2.21. The number of aliphatic imine (C=N–C) groups is 1. The van der Waals surface area contributed by atoms with Crippen molar-refractivity contribution in [3.63, 3.8) is 0 Å². The van der Waals surface area contributed by atoms with Gasteiger partial charge in [-0.1, -0.05) is 23.7 Å². The molecule has 2 aromatic rings. The molecular weight excluding hydrogens is 381 g/mol. The number of nitroso groups, excluding NO2 is 1. The van der Waals surface area contributed by atoms with Gasteiger partial charge in [0.05, 0.1) is 5.71 Å². The smallest absolute Gasteiger partial charge is 0.398 e. The van der Waals surface area contributed by atoms with E-state index >= 15 is 0 Å². The average molecular weight is 398 g/mol. The first kappa shape index (κ1) is 20.4. The molecule has 2 rings (SSSR count). The monoisotopic (exact) mass is 397 g/mol. The number of benzene rings is 2. The normalized spacial score (nSPS) is 12.9. The summed E-state index contributed by atoms with van der Waals surface area (Å²) in [4.78, 5) is 16.1. The van der Waals surface area contributed by atoms with Gasteiger partial charge in [-0.15, -0.1) is 0 Å². The maximum atomic E-state index is 12.6. The molecule has 0 aliphatic heterocycles. The Kier molecular flexibility index (Phi) is 6.22. The van der Waals surface area contributed by atoms with Gasteiger partial charge in [0.1, 0.15) is 5.70 Å². The van der Waals surface area contributed by atoms with Gasteiger partial charge < -0.3 is 11.5 Å².